The van der Waals surface area contributed by atoms with Gasteiger partial charge in [-0.05, 0) is 31.9 Å². The molecule has 4 heteroatoms. The van der Waals surface area contributed by atoms with Crippen LogP contribution in [0.5, 0.6) is 0 Å². The number of hydrogen-bond donors (Lipinski definition) is 2. The Morgan fingerprint density at radius 1 is 1.60 bits per heavy atom. The average molecular weight is 230 g/mol. The number of nitrogens with two attached hydrogens (primary N) is 1. The summed E-state index contributed by atoms with van der Waals surface area (Å²) in [6, 6.07) is 0.125. The number of nitrogens with one attached hydrogen (secondary N) is 1. The molecule has 0 radical (unpaired) electrons. The molecule has 0 bridgehead atoms. The Morgan fingerprint density at radius 2 is 2.40 bits per heavy atom. The maximum atomic E-state index is 11.4. The predicted molar refractivity (Wildman–Crippen MR) is 66.0 cm³/mol. The van der Waals surface area contributed by atoms with E-state index in [1.165, 1.54) is 25.0 Å². The van der Waals surface area contributed by atoms with Gasteiger partial charge in [0.25, 0.3) is 0 Å². The van der Waals surface area contributed by atoms with Crippen LogP contribution in [0.25, 0.3) is 0 Å². The summed E-state index contributed by atoms with van der Waals surface area (Å²) < 4.78 is 0. The monoisotopic (exact) mass is 230 g/mol. The van der Waals surface area contributed by atoms with Crippen LogP contribution in [-0.2, 0) is 4.79 Å². The number of thioether (sulfide) groups is 1. The Morgan fingerprint density at radius 3 is 3.00 bits per heavy atom. The van der Waals surface area contributed by atoms with E-state index in [0.717, 1.165) is 13.0 Å². The van der Waals surface area contributed by atoms with Crippen molar-refractivity contribution in [3.8, 4) is 0 Å². The molecule has 1 saturated heterocycles. The smallest absolute Gasteiger partial charge is 0.220 e. The van der Waals surface area contributed by atoms with Gasteiger partial charge in [0.15, 0.2) is 0 Å². The minimum atomic E-state index is 0.125. The third-order valence-electron chi connectivity index (χ3n) is 2.63. The van der Waals surface area contributed by atoms with Crippen molar-refractivity contribution in [3.05, 3.63) is 0 Å². The Kier molecular flexibility index (Phi) is 6.10. The van der Waals surface area contributed by atoms with Gasteiger partial charge in [-0.15, -0.1) is 0 Å². The van der Waals surface area contributed by atoms with Crippen LogP contribution >= 0.6 is 11.8 Å². The highest BCUT2D eigenvalue weighted by atomic mass is 32.2. The first-order valence-electron chi connectivity index (χ1n) is 5.82. The van der Waals surface area contributed by atoms with E-state index in [4.69, 9.17) is 5.73 Å². The molecule has 15 heavy (non-hydrogen) atoms. The fourth-order valence-corrected chi connectivity index (χ4v) is 2.88. The molecule has 1 amide bonds. The van der Waals surface area contributed by atoms with Crippen molar-refractivity contribution < 1.29 is 4.79 Å². The topological polar surface area (TPSA) is 55.1 Å². The van der Waals surface area contributed by atoms with Crippen LogP contribution in [0.15, 0.2) is 0 Å². The molecule has 0 aromatic carbocycles. The summed E-state index contributed by atoms with van der Waals surface area (Å²) in [7, 11) is 0. The van der Waals surface area contributed by atoms with Gasteiger partial charge in [-0.25, -0.2) is 0 Å². The highest BCUT2D eigenvalue weighted by molar-refractivity contribution is 7.99. The first-order chi connectivity index (χ1) is 7.18. The van der Waals surface area contributed by atoms with Crippen LogP contribution in [0.1, 0.15) is 39.0 Å². The van der Waals surface area contributed by atoms with E-state index in [2.05, 4.69) is 5.32 Å². The van der Waals surface area contributed by atoms with Crippen LogP contribution in [0.4, 0.5) is 0 Å². The third kappa shape index (κ3) is 6.05. The molecule has 0 spiro atoms. The highest BCUT2D eigenvalue weighted by Gasteiger charge is 2.14. The Balaban J connectivity index is 2.05. The van der Waals surface area contributed by atoms with Gasteiger partial charge in [0.2, 0.25) is 5.91 Å². The summed E-state index contributed by atoms with van der Waals surface area (Å²) in [5, 5.41) is 3.63. The molecule has 1 rings (SSSR count). The second-order valence-corrected chi connectivity index (χ2v) is 5.72. The minimum absolute atomic E-state index is 0.125. The van der Waals surface area contributed by atoms with E-state index in [1.807, 2.05) is 18.7 Å². The van der Waals surface area contributed by atoms with Crippen molar-refractivity contribution >= 4 is 17.7 Å². The molecule has 1 aliphatic rings. The molecular weight excluding hydrogens is 208 g/mol. The standard InChI is InChI=1S/C11H22N2OS/c1-9(12)5-6-11(14)13-8-10-4-2-3-7-15-10/h9-10H,2-8,12H2,1H3,(H,13,14). The quantitative estimate of drug-likeness (QED) is 0.753. The van der Waals surface area contributed by atoms with E-state index in [1.54, 1.807) is 0 Å². The predicted octanol–water partition coefficient (Wildman–Crippen LogP) is 1.52. The van der Waals surface area contributed by atoms with E-state index in [9.17, 15) is 4.79 Å². The van der Waals surface area contributed by atoms with Gasteiger partial charge in [0.05, 0.1) is 0 Å². The summed E-state index contributed by atoms with van der Waals surface area (Å²) in [6.45, 7) is 2.77. The summed E-state index contributed by atoms with van der Waals surface area (Å²) in [6.07, 6.45) is 5.24. The summed E-state index contributed by atoms with van der Waals surface area (Å²) >= 11 is 1.99. The van der Waals surface area contributed by atoms with Crippen molar-refractivity contribution in [2.24, 2.45) is 5.73 Å². The molecule has 0 aromatic heterocycles. The van der Waals surface area contributed by atoms with Gasteiger partial charge in [-0.2, -0.15) is 11.8 Å². The second-order valence-electron chi connectivity index (χ2n) is 4.31. The van der Waals surface area contributed by atoms with Crippen LogP contribution in [-0.4, -0.2) is 29.5 Å². The Bertz CT molecular complexity index is 191. The second kappa shape index (κ2) is 7.12. The van der Waals surface area contributed by atoms with Gasteiger partial charge in [-0.1, -0.05) is 6.42 Å². The zero-order valence-electron chi connectivity index (χ0n) is 9.50. The molecule has 1 aliphatic heterocycles. The SMILES string of the molecule is CC(N)CCC(=O)NCC1CCCCS1. The van der Waals surface area contributed by atoms with E-state index in [0.29, 0.717) is 11.7 Å². The number of hydrogen-bond acceptors (Lipinski definition) is 3. The molecule has 3 nitrogen and oxygen atoms in total. The van der Waals surface area contributed by atoms with E-state index in [-0.39, 0.29) is 11.9 Å². The van der Waals surface area contributed by atoms with Crippen molar-refractivity contribution in [2.45, 2.75) is 50.3 Å². The van der Waals surface area contributed by atoms with Gasteiger partial charge < -0.3 is 11.1 Å². The molecule has 2 atom stereocenters. The summed E-state index contributed by atoms with van der Waals surface area (Å²) in [5.74, 6) is 1.40. The van der Waals surface area contributed by atoms with Gasteiger partial charge in [0.1, 0.15) is 0 Å². The number of carbonyl (C=O) groups is 1. The lowest BCUT2D eigenvalue weighted by Gasteiger charge is -2.21. The Labute approximate surface area is 96.6 Å². The van der Waals surface area contributed by atoms with Crippen LogP contribution in [0.2, 0.25) is 0 Å². The lowest BCUT2D eigenvalue weighted by Crippen LogP contribution is -2.32. The van der Waals surface area contributed by atoms with Gasteiger partial charge in [-0.3, -0.25) is 4.79 Å². The van der Waals surface area contributed by atoms with Crippen molar-refractivity contribution in [2.75, 3.05) is 12.3 Å². The molecule has 88 valence electrons. The zero-order valence-corrected chi connectivity index (χ0v) is 10.3. The molecule has 0 aliphatic carbocycles. The van der Waals surface area contributed by atoms with Crippen LogP contribution in [0, 0.1) is 0 Å². The minimum Gasteiger partial charge on any atom is -0.355 e. The van der Waals surface area contributed by atoms with Crippen molar-refractivity contribution in [1.82, 2.24) is 5.32 Å². The zero-order chi connectivity index (χ0) is 11.1. The molecule has 0 saturated carbocycles. The van der Waals surface area contributed by atoms with Crippen molar-refractivity contribution in [3.63, 3.8) is 0 Å². The average Bonchev–Trinajstić information content (AvgIpc) is 2.25. The largest absolute Gasteiger partial charge is 0.355 e. The first-order valence-corrected chi connectivity index (χ1v) is 6.87. The fourth-order valence-electron chi connectivity index (χ4n) is 1.64. The molecule has 1 heterocycles. The molecule has 3 N–H and O–H groups in total. The van der Waals surface area contributed by atoms with E-state index < -0.39 is 0 Å². The first kappa shape index (κ1) is 12.8. The van der Waals surface area contributed by atoms with Crippen molar-refractivity contribution in [1.29, 1.82) is 0 Å². The van der Waals surface area contributed by atoms with Gasteiger partial charge >= 0.3 is 0 Å². The van der Waals surface area contributed by atoms with Crippen LogP contribution in [0.3, 0.4) is 0 Å². The molecule has 0 aromatic rings. The molecule has 2 unspecified atom stereocenters. The molecule has 1 fully saturated rings. The maximum Gasteiger partial charge on any atom is 0.220 e. The Hall–Kier alpha value is -0.220. The third-order valence-corrected chi connectivity index (χ3v) is 4.03. The van der Waals surface area contributed by atoms with E-state index >= 15 is 0 Å². The normalized spacial score (nSPS) is 23.5. The fraction of sp³-hybridized carbons (Fsp3) is 0.909. The number of rotatable bonds is 5. The highest BCUT2D eigenvalue weighted by Crippen LogP contribution is 2.24. The molecular formula is C11H22N2OS. The lowest BCUT2D eigenvalue weighted by molar-refractivity contribution is -0.121. The lowest BCUT2D eigenvalue weighted by atomic mass is 10.1. The maximum absolute atomic E-state index is 11.4. The summed E-state index contributed by atoms with van der Waals surface area (Å²) in [5.41, 5.74) is 5.60. The van der Waals surface area contributed by atoms with Gasteiger partial charge in [0, 0.05) is 24.3 Å². The number of carbonyl (C=O) groups excluding carboxylic acids is 1. The van der Waals surface area contributed by atoms with Crippen LogP contribution < -0.4 is 11.1 Å². The number of amides is 1. The summed E-state index contributed by atoms with van der Waals surface area (Å²) in [4.78, 5) is 11.4.